The van der Waals surface area contributed by atoms with Gasteiger partial charge in [0, 0.05) is 25.0 Å². The van der Waals surface area contributed by atoms with Crippen molar-refractivity contribution in [3.63, 3.8) is 0 Å². The third-order valence-corrected chi connectivity index (χ3v) is 4.51. The first-order chi connectivity index (χ1) is 11.3. The first kappa shape index (κ1) is 15.6. The fourth-order valence-corrected chi connectivity index (χ4v) is 3.13. The van der Waals surface area contributed by atoms with Crippen LogP contribution < -0.4 is 5.32 Å². The summed E-state index contributed by atoms with van der Waals surface area (Å²) in [4.78, 5) is 15.9. The smallest absolute Gasteiger partial charge is 0.407 e. The molecule has 1 aliphatic carbocycles. The number of nitrogens with zero attached hydrogens (tertiary/aromatic N) is 2. The summed E-state index contributed by atoms with van der Waals surface area (Å²) in [6.45, 7) is 1.02. The van der Waals surface area contributed by atoms with Crippen molar-refractivity contribution in [1.82, 2.24) is 14.9 Å². The standard InChI is InChI=1S/C18H23N3O2/c22-18(23-13-16-4-2-1-3-5-16)20-12-15-6-8-17(9-7-15)21-11-10-19-14-21/h1-5,10-11,14-15,17H,6-9,12-13H2,(H,20,22). The molecule has 3 rings (SSSR count). The fourth-order valence-electron chi connectivity index (χ4n) is 3.13. The van der Waals surface area contributed by atoms with Crippen molar-refractivity contribution in [3.05, 3.63) is 54.6 Å². The Bertz CT molecular complexity index is 590. The maximum Gasteiger partial charge on any atom is 0.407 e. The second kappa shape index (κ2) is 7.81. The van der Waals surface area contributed by atoms with Crippen LogP contribution in [0, 0.1) is 5.92 Å². The van der Waals surface area contributed by atoms with Crippen LogP contribution in [0.3, 0.4) is 0 Å². The van der Waals surface area contributed by atoms with Crippen LogP contribution in [-0.4, -0.2) is 22.2 Å². The second-order valence-corrected chi connectivity index (χ2v) is 6.13. The van der Waals surface area contributed by atoms with E-state index in [1.54, 1.807) is 0 Å². The molecule has 0 aliphatic heterocycles. The van der Waals surface area contributed by atoms with E-state index in [1.807, 2.05) is 49.1 Å². The molecular weight excluding hydrogens is 290 g/mol. The number of carbonyl (C=O) groups excluding carboxylic acids is 1. The van der Waals surface area contributed by atoms with Gasteiger partial charge in [-0.3, -0.25) is 0 Å². The lowest BCUT2D eigenvalue weighted by molar-refractivity contribution is 0.136. The van der Waals surface area contributed by atoms with Gasteiger partial charge in [-0.25, -0.2) is 9.78 Å². The molecule has 5 nitrogen and oxygen atoms in total. The van der Waals surface area contributed by atoms with E-state index in [4.69, 9.17) is 4.74 Å². The number of rotatable bonds is 5. The van der Waals surface area contributed by atoms with E-state index in [0.29, 0.717) is 25.1 Å². The molecule has 5 heteroatoms. The quantitative estimate of drug-likeness (QED) is 0.918. The van der Waals surface area contributed by atoms with Gasteiger partial charge in [-0.2, -0.15) is 0 Å². The molecule has 0 spiro atoms. The average Bonchev–Trinajstić information content (AvgIpc) is 3.14. The van der Waals surface area contributed by atoms with Crippen molar-refractivity contribution in [2.45, 2.75) is 38.3 Å². The number of hydrogen-bond donors (Lipinski definition) is 1. The summed E-state index contributed by atoms with van der Waals surface area (Å²) in [5.74, 6) is 0.541. The van der Waals surface area contributed by atoms with Gasteiger partial charge in [0.1, 0.15) is 6.61 Å². The molecule has 1 fully saturated rings. The number of ether oxygens (including phenoxy) is 1. The predicted octanol–water partition coefficient (Wildman–Crippen LogP) is 3.54. The van der Waals surface area contributed by atoms with Crippen LogP contribution in [0.5, 0.6) is 0 Å². The van der Waals surface area contributed by atoms with E-state index in [2.05, 4.69) is 14.9 Å². The first-order valence-electron chi connectivity index (χ1n) is 8.23. The van der Waals surface area contributed by atoms with Crippen LogP contribution >= 0.6 is 0 Å². The van der Waals surface area contributed by atoms with Crippen molar-refractivity contribution in [2.75, 3.05) is 6.54 Å². The van der Waals surface area contributed by atoms with Crippen molar-refractivity contribution < 1.29 is 9.53 Å². The highest BCUT2D eigenvalue weighted by molar-refractivity contribution is 5.67. The number of hydrogen-bond acceptors (Lipinski definition) is 3. The van der Waals surface area contributed by atoms with Crippen LogP contribution in [0.25, 0.3) is 0 Å². The van der Waals surface area contributed by atoms with Gasteiger partial charge in [-0.15, -0.1) is 0 Å². The minimum atomic E-state index is -0.328. The van der Waals surface area contributed by atoms with Crippen LogP contribution in [0.2, 0.25) is 0 Å². The zero-order valence-corrected chi connectivity index (χ0v) is 13.2. The number of alkyl carbamates (subject to hydrolysis) is 1. The van der Waals surface area contributed by atoms with Gasteiger partial charge in [-0.1, -0.05) is 30.3 Å². The van der Waals surface area contributed by atoms with Crippen LogP contribution in [0.1, 0.15) is 37.3 Å². The van der Waals surface area contributed by atoms with E-state index < -0.39 is 0 Å². The summed E-state index contributed by atoms with van der Waals surface area (Å²) in [6, 6.07) is 10.3. The lowest BCUT2D eigenvalue weighted by atomic mass is 9.86. The normalized spacial score (nSPS) is 20.9. The number of aromatic nitrogens is 2. The summed E-state index contributed by atoms with van der Waals surface area (Å²) in [7, 11) is 0. The molecule has 122 valence electrons. The van der Waals surface area contributed by atoms with Crippen LogP contribution in [0.4, 0.5) is 4.79 Å². The summed E-state index contributed by atoms with van der Waals surface area (Å²) >= 11 is 0. The molecule has 1 heterocycles. The molecule has 2 aromatic rings. The number of amides is 1. The van der Waals surface area contributed by atoms with E-state index in [9.17, 15) is 4.79 Å². The maximum absolute atomic E-state index is 11.8. The fraction of sp³-hybridized carbons (Fsp3) is 0.444. The van der Waals surface area contributed by atoms with E-state index in [1.165, 1.54) is 0 Å². The monoisotopic (exact) mass is 313 g/mol. The summed E-state index contributed by atoms with van der Waals surface area (Å²) in [5, 5.41) is 2.89. The number of benzene rings is 1. The zero-order chi connectivity index (χ0) is 15.9. The Balaban J connectivity index is 1.34. The highest BCUT2D eigenvalue weighted by atomic mass is 16.5. The van der Waals surface area contributed by atoms with Gasteiger partial charge < -0.3 is 14.6 Å². The van der Waals surface area contributed by atoms with E-state index in [-0.39, 0.29) is 6.09 Å². The Morgan fingerprint density at radius 3 is 2.70 bits per heavy atom. The van der Waals surface area contributed by atoms with E-state index >= 15 is 0 Å². The zero-order valence-electron chi connectivity index (χ0n) is 13.2. The lowest BCUT2D eigenvalue weighted by Crippen LogP contribution is -2.32. The number of nitrogens with one attached hydrogen (secondary N) is 1. The summed E-state index contributed by atoms with van der Waals surface area (Å²) in [5.41, 5.74) is 1.00. The van der Waals surface area contributed by atoms with Crippen molar-refractivity contribution >= 4 is 6.09 Å². The van der Waals surface area contributed by atoms with E-state index in [0.717, 1.165) is 31.2 Å². The Labute approximate surface area is 136 Å². The largest absolute Gasteiger partial charge is 0.445 e. The third-order valence-electron chi connectivity index (χ3n) is 4.51. The van der Waals surface area contributed by atoms with Gasteiger partial charge in [0.15, 0.2) is 0 Å². The maximum atomic E-state index is 11.8. The molecule has 1 N–H and O–H groups in total. The van der Waals surface area contributed by atoms with Crippen LogP contribution in [0.15, 0.2) is 49.1 Å². The molecule has 1 saturated carbocycles. The topological polar surface area (TPSA) is 56.2 Å². The molecular formula is C18H23N3O2. The molecule has 0 unspecified atom stereocenters. The van der Waals surface area contributed by atoms with Crippen molar-refractivity contribution in [3.8, 4) is 0 Å². The van der Waals surface area contributed by atoms with Crippen LogP contribution in [-0.2, 0) is 11.3 Å². The third kappa shape index (κ3) is 4.58. The summed E-state index contributed by atoms with van der Waals surface area (Å²) in [6.07, 6.45) is 9.96. The Kier molecular flexibility index (Phi) is 5.29. The number of imidazole rings is 1. The molecule has 0 saturated heterocycles. The molecule has 0 atom stereocenters. The second-order valence-electron chi connectivity index (χ2n) is 6.13. The van der Waals surface area contributed by atoms with Gasteiger partial charge in [0.2, 0.25) is 0 Å². The highest BCUT2D eigenvalue weighted by Gasteiger charge is 2.22. The molecule has 23 heavy (non-hydrogen) atoms. The van der Waals surface area contributed by atoms with Gasteiger partial charge in [0.05, 0.1) is 6.33 Å². The Morgan fingerprint density at radius 2 is 2.00 bits per heavy atom. The minimum absolute atomic E-state index is 0.319. The number of carbonyl (C=O) groups is 1. The first-order valence-corrected chi connectivity index (χ1v) is 8.23. The molecule has 1 aliphatic rings. The summed E-state index contributed by atoms with van der Waals surface area (Å²) < 4.78 is 7.43. The van der Waals surface area contributed by atoms with Crippen molar-refractivity contribution in [1.29, 1.82) is 0 Å². The van der Waals surface area contributed by atoms with Gasteiger partial charge in [-0.05, 0) is 37.2 Å². The SMILES string of the molecule is O=C(NCC1CCC(n2ccnc2)CC1)OCc1ccccc1. The predicted molar refractivity (Wildman–Crippen MR) is 87.9 cm³/mol. The van der Waals surface area contributed by atoms with Gasteiger partial charge in [0.25, 0.3) is 0 Å². The molecule has 1 aromatic heterocycles. The average molecular weight is 313 g/mol. The molecule has 0 radical (unpaired) electrons. The minimum Gasteiger partial charge on any atom is -0.445 e. The lowest BCUT2D eigenvalue weighted by Gasteiger charge is -2.29. The Hall–Kier alpha value is -2.30. The molecule has 1 aromatic carbocycles. The molecule has 0 bridgehead atoms. The highest BCUT2D eigenvalue weighted by Crippen LogP contribution is 2.31. The Morgan fingerprint density at radius 1 is 1.22 bits per heavy atom. The van der Waals surface area contributed by atoms with Gasteiger partial charge >= 0.3 is 6.09 Å². The molecule has 1 amide bonds. The van der Waals surface area contributed by atoms with Crippen molar-refractivity contribution in [2.24, 2.45) is 5.92 Å².